The van der Waals surface area contributed by atoms with Gasteiger partial charge in [0.05, 0.1) is 0 Å². The molecule has 3 atom stereocenters. The van der Waals surface area contributed by atoms with Crippen molar-refractivity contribution in [2.45, 2.75) is 56.9 Å². The van der Waals surface area contributed by atoms with Gasteiger partial charge in [0.25, 0.3) is 5.91 Å². The van der Waals surface area contributed by atoms with E-state index in [1.165, 1.54) is 6.07 Å². The first-order chi connectivity index (χ1) is 13.1. The number of halogens is 1. The van der Waals surface area contributed by atoms with Gasteiger partial charge in [-0.3, -0.25) is 9.78 Å². The van der Waals surface area contributed by atoms with Gasteiger partial charge in [0, 0.05) is 37.3 Å². The second-order valence-electron chi connectivity index (χ2n) is 7.22. The molecule has 0 unspecified atom stereocenters. The van der Waals surface area contributed by atoms with E-state index in [1.54, 1.807) is 37.5 Å². The van der Waals surface area contributed by atoms with Gasteiger partial charge in [-0.1, -0.05) is 12.1 Å². The number of ether oxygens (including phenoxy) is 2. The molecule has 6 heteroatoms. The van der Waals surface area contributed by atoms with Crippen LogP contribution in [0.25, 0.3) is 0 Å². The molecule has 1 amide bonds. The van der Waals surface area contributed by atoms with Crippen molar-refractivity contribution in [1.29, 1.82) is 0 Å². The Morgan fingerprint density at radius 3 is 2.48 bits per heavy atom. The van der Waals surface area contributed by atoms with Crippen molar-refractivity contribution in [3.8, 4) is 11.5 Å². The largest absolute Gasteiger partial charge is 0.490 e. The third-order valence-corrected chi connectivity index (χ3v) is 5.38. The summed E-state index contributed by atoms with van der Waals surface area (Å²) in [6, 6.07) is 10.2. The fourth-order valence-electron chi connectivity index (χ4n) is 4.18. The average Bonchev–Trinajstić information content (AvgIpc) is 2.94. The van der Waals surface area contributed by atoms with Gasteiger partial charge in [-0.15, -0.1) is 0 Å². The third kappa shape index (κ3) is 3.75. The predicted molar refractivity (Wildman–Crippen MR) is 98.0 cm³/mol. The lowest BCUT2D eigenvalue weighted by molar-refractivity contribution is -0.144. The second kappa shape index (κ2) is 7.55. The fraction of sp³-hybridized carbons (Fsp3) is 0.429. The van der Waals surface area contributed by atoms with Crippen LogP contribution in [-0.4, -0.2) is 40.1 Å². The number of carbonyl (C=O) groups excluding carboxylic acids is 1. The molecule has 2 saturated heterocycles. The maximum absolute atomic E-state index is 13.8. The molecule has 2 aromatic rings. The lowest BCUT2D eigenvalue weighted by Gasteiger charge is -2.40. The number of benzene rings is 1. The Kier molecular flexibility index (Phi) is 4.97. The van der Waals surface area contributed by atoms with Crippen LogP contribution in [0.3, 0.4) is 0 Å². The molecule has 5 nitrogen and oxygen atoms in total. The third-order valence-electron chi connectivity index (χ3n) is 5.38. The quantitative estimate of drug-likeness (QED) is 0.807. The SMILES string of the molecule is C[C@H](Oc1ccccc1F)C(=O)N1[C@H]2CC[C@H]1CC(Oc1ccncc1)C2. The predicted octanol–water partition coefficient (Wildman–Crippen LogP) is 3.59. The van der Waals surface area contributed by atoms with Crippen LogP contribution >= 0.6 is 0 Å². The number of fused-ring (bicyclic) bond motifs is 2. The van der Waals surface area contributed by atoms with E-state index in [2.05, 4.69) is 4.98 Å². The first-order valence-electron chi connectivity index (χ1n) is 9.42. The van der Waals surface area contributed by atoms with Crippen molar-refractivity contribution in [2.75, 3.05) is 0 Å². The van der Waals surface area contributed by atoms with Gasteiger partial charge in [0.1, 0.15) is 11.9 Å². The van der Waals surface area contributed by atoms with Crippen LogP contribution in [0.5, 0.6) is 11.5 Å². The number of rotatable bonds is 5. The van der Waals surface area contributed by atoms with Gasteiger partial charge in [-0.25, -0.2) is 4.39 Å². The van der Waals surface area contributed by atoms with E-state index >= 15 is 0 Å². The summed E-state index contributed by atoms with van der Waals surface area (Å²) >= 11 is 0. The van der Waals surface area contributed by atoms with Gasteiger partial charge in [-0.05, 0) is 44.0 Å². The van der Waals surface area contributed by atoms with E-state index in [0.29, 0.717) is 0 Å². The number of para-hydroxylation sites is 1. The van der Waals surface area contributed by atoms with Crippen molar-refractivity contribution in [3.63, 3.8) is 0 Å². The minimum atomic E-state index is -0.720. The summed E-state index contributed by atoms with van der Waals surface area (Å²) in [4.78, 5) is 18.9. The molecule has 0 radical (unpaired) electrons. The van der Waals surface area contributed by atoms with Gasteiger partial charge in [0.2, 0.25) is 0 Å². The highest BCUT2D eigenvalue weighted by atomic mass is 19.1. The second-order valence-corrected chi connectivity index (χ2v) is 7.22. The van der Waals surface area contributed by atoms with E-state index < -0.39 is 11.9 Å². The van der Waals surface area contributed by atoms with E-state index in [-0.39, 0.29) is 29.8 Å². The molecule has 0 N–H and O–H groups in total. The van der Waals surface area contributed by atoms with Gasteiger partial charge < -0.3 is 14.4 Å². The van der Waals surface area contributed by atoms with E-state index in [0.717, 1.165) is 31.4 Å². The molecule has 1 aromatic heterocycles. The summed E-state index contributed by atoms with van der Waals surface area (Å²) < 4.78 is 25.5. The number of amides is 1. The Morgan fingerprint density at radius 1 is 1.15 bits per heavy atom. The molecular weight excluding hydrogens is 347 g/mol. The Morgan fingerprint density at radius 2 is 1.81 bits per heavy atom. The minimum absolute atomic E-state index is 0.0758. The molecule has 2 aliphatic rings. The Hall–Kier alpha value is -2.63. The molecule has 0 spiro atoms. The first kappa shape index (κ1) is 17.8. The number of hydrogen-bond acceptors (Lipinski definition) is 4. The number of aromatic nitrogens is 1. The molecule has 3 heterocycles. The minimum Gasteiger partial charge on any atom is -0.490 e. The molecule has 27 heavy (non-hydrogen) atoms. The highest BCUT2D eigenvalue weighted by Gasteiger charge is 2.45. The zero-order valence-corrected chi connectivity index (χ0v) is 15.3. The van der Waals surface area contributed by atoms with Crippen LogP contribution in [-0.2, 0) is 4.79 Å². The van der Waals surface area contributed by atoms with Crippen LogP contribution in [0.15, 0.2) is 48.8 Å². The highest BCUT2D eigenvalue weighted by molar-refractivity contribution is 5.82. The zero-order chi connectivity index (χ0) is 18.8. The van der Waals surface area contributed by atoms with Gasteiger partial charge >= 0.3 is 0 Å². The number of carbonyl (C=O) groups is 1. The summed E-state index contributed by atoms with van der Waals surface area (Å²) in [5, 5.41) is 0. The summed E-state index contributed by atoms with van der Waals surface area (Å²) in [6.45, 7) is 1.69. The van der Waals surface area contributed by atoms with Crippen LogP contribution in [0, 0.1) is 5.82 Å². The maximum atomic E-state index is 13.8. The molecule has 0 aliphatic carbocycles. The summed E-state index contributed by atoms with van der Waals surface area (Å²) in [7, 11) is 0. The van der Waals surface area contributed by atoms with Crippen LogP contribution in [0.4, 0.5) is 4.39 Å². The van der Waals surface area contributed by atoms with E-state index in [4.69, 9.17) is 9.47 Å². The van der Waals surface area contributed by atoms with Crippen molar-refractivity contribution in [3.05, 3.63) is 54.6 Å². The zero-order valence-electron chi connectivity index (χ0n) is 15.3. The topological polar surface area (TPSA) is 51.7 Å². The normalized spacial score (nSPS) is 25.1. The van der Waals surface area contributed by atoms with Crippen molar-refractivity contribution >= 4 is 5.91 Å². The van der Waals surface area contributed by atoms with Gasteiger partial charge in [-0.2, -0.15) is 0 Å². The highest BCUT2D eigenvalue weighted by Crippen LogP contribution is 2.38. The molecule has 4 rings (SSSR count). The smallest absolute Gasteiger partial charge is 0.263 e. The van der Waals surface area contributed by atoms with Crippen LogP contribution in [0.1, 0.15) is 32.6 Å². The number of nitrogens with zero attached hydrogens (tertiary/aromatic N) is 2. The number of pyridine rings is 1. The van der Waals surface area contributed by atoms with Gasteiger partial charge in [0.15, 0.2) is 17.7 Å². The van der Waals surface area contributed by atoms with Crippen molar-refractivity contribution < 1.29 is 18.7 Å². The lowest BCUT2D eigenvalue weighted by Crippen LogP contribution is -2.52. The molecule has 142 valence electrons. The molecular formula is C21H23FN2O3. The van der Waals surface area contributed by atoms with Crippen molar-refractivity contribution in [1.82, 2.24) is 9.88 Å². The van der Waals surface area contributed by atoms with Crippen LogP contribution in [0.2, 0.25) is 0 Å². The molecule has 0 saturated carbocycles. The molecule has 2 fully saturated rings. The monoisotopic (exact) mass is 370 g/mol. The summed E-state index contributed by atoms with van der Waals surface area (Å²) in [6.07, 6.45) is 6.35. The summed E-state index contributed by atoms with van der Waals surface area (Å²) in [5.41, 5.74) is 0. The fourth-order valence-corrected chi connectivity index (χ4v) is 4.18. The Labute approximate surface area is 158 Å². The van der Waals surface area contributed by atoms with Crippen molar-refractivity contribution in [2.24, 2.45) is 0 Å². The molecule has 2 aliphatic heterocycles. The Bertz CT molecular complexity index is 787. The average molecular weight is 370 g/mol. The summed E-state index contributed by atoms with van der Waals surface area (Å²) in [5.74, 6) is 0.393. The maximum Gasteiger partial charge on any atom is 0.263 e. The number of piperidine rings is 1. The first-order valence-corrected chi connectivity index (χ1v) is 9.42. The Balaban J connectivity index is 1.40. The van der Waals surface area contributed by atoms with Crippen LogP contribution < -0.4 is 9.47 Å². The molecule has 1 aromatic carbocycles. The standard InChI is InChI=1S/C21H23FN2O3/c1-14(26-20-5-3-2-4-19(20)22)21(25)24-15-6-7-16(24)13-18(12-15)27-17-8-10-23-11-9-17/h2-5,8-11,14-16,18H,6-7,12-13H2,1H3/t14-,15-,16-/m0/s1. The van der Waals surface area contributed by atoms with E-state index in [9.17, 15) is 9.18 Å². The number of hydrogen-bond donors (Lipinski definition) is 0. The van der Waals surface area contributed by atoms with E-state index in [1.807, 2.05) is 17.0 Å². The lowest BCUT2D eigenvalue weighted by atomic mass is 9.99. The molecule has 2 bridgehead atoms.